The molecule has 0 saturated carbocycles. The zero-order valence-corrected chi connectivity index (χ0v) is 10.4. The highest BCUT2D eigenvalue weighted by Crippen LogP contribution is 2.19. The van der Waals surface area contributed by atoms with Crippen LogP contribution in [0.4, 0.5) is 5.82 Å². The van der Waals surface area contributed by atoms with E-state index in [2.05, 4.69) is 29.1 Å². The lowest BCUT2D eigenvalue weighted by Gasteiger charge is -2.08. The van der Waals surface area contributed by atoms with Gasteiger partial charge in [-0.15, -0.1) is 0 Å². The minimum Gasteiger partial charge on any atom is -0.461 e. The van der Waals surface area contributed by atoms with E-state index in [1.807, 2.05) is 25.2 Å². The van der Waals surface area contributed by atoms with Gasteiger partial charge in [0.15, 0.2) is 11.6 Å². The third-order valence-electron chi connectivity index (χ3n) is 2.39. The average Bonchev–Trinajstić information content (AvgIpc) is 2.81. The first-order chi connectivity index (χ1) is 8.19. The van der Waals surface area contributed by atoms with Crippen LogP contribution >= 0.6 is 0 Å². The fourth-order valence-corrected chi connectivity index (χ4v) is 1.66. The maximum Gasteiger partial charge on any atom is 0.197 e. The number of furan rings is 1. The molecule has 2 heterocycles. The molecule has 4 nitrogen and oxygen atoms in total. The van der Waals surface area contributed by atoms with E-state index >= 15 is 0 Å². The van der Waals surface area contributed by atoms with Crippen LogP contribution in [0, 0.1) is 5.92 Å². The van der Waals surface area contributed by atoms with Gasteiger partial charge in [0.25, 0.3) is 0 Å². The number of hydrogen-bond acceptors (Lipinski definition) is 4. The van der Waals surface area contributed by atoms with Gasteiger partial charge in [-0.05, 0) is 24.5 Å². The van der Waals surface area contributed by atoms with Crippen molar-refractivity contribution >= 4 is 5.82 Å². The van der Waals surface area contributed by atoms with Crippen LogP contribution in [-0.4, -0.2) is 17.0 Å². The van der Waals surface area contributed by atoms with Crippen LogP contribution in [0.5, 0.6) is 0 Å². The van der Waals surface area contributed by atoms with Crippen molar-refractivity contribution in [2.75, 3.05) is 12.4 Å². The summed E-state index contributed by atoms with van der Waals surface area (Å²) in [5.74, 6) is 2.73. The summed E-state index contributed by atoms with van der Waals surface area (Å²) >= 11 is 0. The summed E-state index contributed by atoms with van der Waals surface area (Å²) in [5, 5.41) is 3.05. The first kappa shape index (κ1) is 11.6. The fourth-order valence-electron chi connectivity index (χ4n) is 1.66. The molecule has 0 aliphatic rings. The molecule has 0 unspecified atom stereocenters. The molecule has 17 heavy (non-hydrogen) atoms. The topological polar surface area (TPSA) is 51.0 Å². The average molecular weight is 231 g/mol. The van der Waals surface area contributed by atoms with Crippen molar-refractivity contribution < 1.29 is 4.42 Å². The van der Waals surface area contributed by atoms with Crippen LogP contribution in [0.3, 0.4) is 0 Å². The van der Waals surface area contributed by atoms with Gasteiger partial charge in [0.2, 0.25) is 0 Å². The van der Waals surface area contributed by atoms with Crippen molar-refractivity contribution in [3.8, 4) is 11.6 Å². The Balaban J connectivity index is 2.38. The summed E-state index contributed by atoms with van der Waals surface area (Å²) in [6.45, 7) is 4.35. The normalized spacial score (nSPS) is 10.8. The number of rotatable bonds is 4. The van der Waals surface area contributed by atoms with Gasteiger partial charge in [-0.1, -0.05) is 13.8 Å². The van der Waals surface area contributed by atoms with Gasteiger partial charge in [0.1, 0.15) is 5.82 Å². The van der Waals surface area contributed by atoms with Crippen LogP contribution in [0.25, 0.3) is 11.6 Å². The Bertz CT molecular complexity index is 477. The molecule has 0 fully saturated rings. The first-order valence-electron chi connectivity index (χ1n) is 5.78. The van der Waals surface area contributed by atoms with E-state index in [0.29, 0.717) is 17.5 Å². The van der Waals surface area contributed by atoms with Crippen LogP contribution < -0.4 is 5.32 Å². The number of anilines is 1. The van der Waals surface area contributed by atoms with Crippen LogP contribution in [-0.2, 0) is 6.42 Å². The number of hydrogen-bond donors (Lipinski definition) is 1. The predicted octanol–water partition coefficient (Wildman–Crippen LogP) is 2.98. The highest BCUT2D eigenvalue weighted by molar-refractivity contribution is 5.51. The van der Waals surface area contributed by atoms with Gasteiger partial charge in [-0.3, -0.25) is 0 Å². The second kappa shape index (κ2) is 4.99. The Morgan fingerprint density at radius 1 is 1.35 bits per heavy atom. The lowest BCUT2D eigenvalue weighted by molar-refractivity contribution is 0.575. The van der Waals surface area contributed by atoms with E-state index in [-0.39, 0.29) is 0 Å². The Morgan fingerprint density at radius 3 is 2.76 bits per heavy atom. The van der Waals surface area contributed by atoms with Crippen molar-refractivity contribution in [3.63, 3.8) is 0 Å². The van der Waals surface area contributed by atoms with E-state index in [1.165, 1.54) is 0 Å². The number of nitrogens with one attached hydrogen (secondary N) is 1. The highest BCUT2D eigenvalue weighted by Gasteiger charge is 2.09. The molecule has 0 bridgehead atoms. The number of aromatic nitrogens is 2. The summed E-state index contributed by atoms with van der Waals surface area (Å²) in [6.07, 6.45) is 2.57. The van der Waals surface area contributed by atoms with Crippen molar-refractivity contribution in [3.05, 3.63) is 30.2 Å². The standard InChI is InChI=1S/C13H17N3O/c1-9(2)7-10-8-12(14-3)16-13(15-10)11-5-4-6-17-11/h4-6,8-9H,7H2,1-3H3,(H,14,15,16). The maximum absolute atomic E-state index is 5.33. The second-order valence-electron chi connectivity index (χ2n) is 4.39. The van der Waals surface area contributed by atoms with Gasteiger partial charge in [0, 0.05) is 18.8 Å². The molecule has 90 valence electrons. The van der Waals surface area contributed by atoms with Gasteiger partial charge in [-0.2, -0.15) is 0 Å². The molecule has 1 N–H and O–H groups in total. The van der Waals surface area contributed by atoms with Crippen LogP contribution in [0.1, 0.15) is 19.5 Å². The smallest absolute Gasteiger partial charge is 0.197 e. The molecular weight excluding hydrogens is 214 g/mol. The molecule has 0 saturated heterocycles. The monoisotopic (exact) mass is 231 g/mol. The predicted molar refractivity (Wildman–Crippen MR) is 67.8 cm³/mol. The summed E-state index contributed by atoms with van der Waals surface area (Å²) in [5.41, 5.74) is 1.03. The molecule has 0 aliphatic heterocycles. The maximum atomic E-state index is 5.33. The van der Waals surface area contributed by atoms with Gasteiger partial charge in [-0.25, -0.2) is 9.97 Å². The fraction of sp³-hybridized carbons (Fsp3) is 0.385. The third-order valence-corrected chi connectivity index (χ3v) is 2.39. The molecule has 0 spiro atoms. The Hall–Kier alpha value is -1.84. The molecule has 2 aromatic rings. The SMILES string of the molecule is CNc1cc(CC(C)C)nc(-c2ccco2)n1. The van der Waals surface area contributed by atoms with Gasteiger partial charge >= 0.3 is 0 Å². The minimum atomic E-state index is 0.569. The van der Waals surface area contributed by atoms with Gasteiger partial charge in [0.05, 0.1) is 6.26 Å². The Morgan fingerprint density at radius 2 is 2.18 bits per heavy atom. The van der Waals surface area contributed by atoms with Crippen LogP contribution in [0.2, 0.25) is 0 Å². The lowest BCUT2D eigenvalue weighted by atomic mass is 10.1. The quantitative estimate of drug-likeness (QED) is 0.878. The highest BCUT2D eigenvalue weighted by atomic mass is 16.3. The van der Waals surface area contributed by atoms with Crippen molar-refractivity contribution in [1.82, 2.24) is 9.97 Å². The second-order valence-corrected chi connectivity index (χ2v) is 4.39. The zero-order chi connectivity index (χ0) is 12.3. The first-order valence-corrected chi connectivity index (χ1v) is 5.78. The largest absolute Gasteiger partial charge is 0.461 e. The molecule has 0 aromatic carbocycles. The summed E-state index contributed by atoms with van der Waals surface area (Å²) < 4.78 is 5.33. The minimum absolute atomic E-state index is 0.569. The van der Waals surface area contributed by atoms with Crippen LogP contribution in [0.15, 0.2) is 28.9 Å². The lowest BCUT2D eigenvalue weighted by Crippen LogP contribution is -2.03. The molecule has 4 heteroatoms. The summed E-state index contributed by atoms with van der Waals surface area (Å²) in [4.78, 5) is 8.90. The number of nitrogens with zero attached hydrogens (tertiary/aromatic N) is 2. The van der Waals surface area contributed by atoms with E-state index < -0.39 is 0 Å². The third kappa shape index (κ3) is 2.84. The van der Waals surface area contributed by atoms with Gasteiger partial charge < -0.3 is 9.73 Å². The van der Waals surface area contributed by atoms with Crippen molar-refractivity contribution in [1.29, 1.82) is 0 Å². The summed E-state index contributed by atoms with van der Waals surface area (Å²) in [6, 6.07) is 5.69. The summed E-state index contributed by atoms with van der Waals surface area (Å²) in [7, 11) is 1.85. The van der Waals surface area contributed by atoms with Crippen molar-refractivity contribution in [2.45, 2.75) is 20.3 Å². The molecule has 2 aromatic heterocycles. The molecular formula is C13H17N3O. The molecule has 0 atom stereocenters. The molecule has 0 radical (unpaired) electrons. The zero-order valence-electron chi connectivity index (χ0n) is 10.4. The van der Waals surface area contributed by atoms with E-state index in [1.54, 1.807) is 6.26 Å². The Kier molecular flexibility index (Phi) is 3.42. The molecule has 2 rings (SSSR count). The van der Waals surface area contributed by atoms with E-state index in [4.69, 9.17) is 4.42 Å². The van der Waals surface area contributed by atoms with Crippen molar-refractivity contribution in [2.24, 2.45) is 5.92 Å². The molecule has 0 aliphatic carbocycles. The van der Waals surface area contributed by atoms with E-state index in [0.717, 1.165) is 17.9 Å². The van der Waals surface area contributed by atoms with E-state index in [9.17, 15) is 0 Å². The Labute approximate surface area is 101 Å². The molecule has 0 amide bonds.